The van der Waals surface area contributed by atoms with Crippen LogP contribution in [-0.2, 0) is 5.41 Å². The molecule has 11 rings (SSSR count). The Kier molecular flexibility index (Phi) is 7.45. The zero-order chi connectivity index (χ0) is 38.1. The molecule has 1 spiro atoms. The molecule has 8 aromatic carbocycles. The minimum Gasteiger partial charge on any atom is -0.456 e. The highest BCUT2D eigenvalue weighted by Gasteiger charge is 2.51. The van der Waals surface area contributed by atoms with Crippen LogP contribution in [0, 0.1) is 6.92 Å². The van der Waals surface area contributed by atoms with Gasteiger partial charge in [0.2, 0.25) is 0 Å². The van der Waals surface area contributed by atoms with Gasteiger partial charge in [-0.05, 0) is 94.2 Å². The summed E-state index contributed by atoms with van der Waals surface area (Å²) in [5.41, 5.74) is 14.2. The topological polar surface area (TPSA) is 25.6 Å². The number of fused-ring (bicyclic) bond motifs is 12. The van der Waals surface area contributed by atoms with Gasteiger partial charge < -0.3 is 14.1 Å². The average molecular weight is 732 g/mol. The number of benzene rings is 8. The van der Waals surface area contributed by atoms with Gasteiger partial charge in [-0.2, -0.15) is 0 Å². The average Bonchev–Trinajstić information content (AvgIpc) is 3.75. The van der Waals surface area contributed by atoms with E-state index in [1.54, 1.807) is 6.08 Å². The van der Waals surface area contributed by atoms with Crippen LogP contribution < -0.4 is 9.64 Å². The molecule has 2 aliphatic rings. The first-order chi connectivity index (χ1) is 28.1. The van der Waals surface area contributed by atoms with Gasteiger partial charge in [-0.15, -0.1) is 0 Å². The molecular weight excluding hydrogens is 695 g/mol. The van der Waals surface area contributed by atoms with Crippen molar-refractivity contribution in [3.8, 4) is 33.8 Å². The van der Waals surface area contributed by atoms with Crippen LogP contribution in [-0.4, -0.2) is 0 Å². The number of aryl methyl sites for hydroxylation is 1. The van der Waals surface area contributed by atoms with E-state index >= 15 is 0 Å². The fourth-order valence-electron chi connectivity index (χ4n) is 9.35. The summed E-state index contributed by atoms with van der Waals surface area (Å²) in [7, 11) is 0. The van der Waals surface area contributed by atoms with Crippen molar-refractivity contribution in [2.45, 2.75) is 12.3 Å². The largest absolute Gasteiger partial charge is 0.456 e. The van der Waals surface area contributed by atoms with E-state index in [9.17, 15) is 0 Å². The second-order valence-electron chi connectivity index (χ2n) is 14.9. The van der Waals surface area contributed by atoms with E-state index in [2.05, 4.69) is 194 Å². The Balaban J connectivity index is 1.08. The molecule has 2 heterocycles. The van der Waals surface area contributed by atoms with Crippen molar-refractivity contribution in [1.82, 2.24) is 0 Å². The molecule has 1 aliphatic heterocycles. The lowest BCUT2D eigenvalue weighted by atomic mass is 9.65. The Morgan fingerprint density at radius 3 is 2.12 bits per heavy atom. The van der Waals surface area contributed by atoms with Gasteiger partial charge in [-0.1, -0.05) is 152 Å². The van der Waals surface area contributed by atoms with E-state index in [1.807, 2.05) is 12.2 Å². The second kappa shape index (κ2) is 12.9. The number of anilines is 3. The summed E-state index contributed by atoms with van der Waals surface area (Å²) in [6.07, 6.45) is 5.67. The quantitative estimate of drug-likeness (QED) is 0.159. The molecule has 0 saturated carbocycles. The third-order valence-electron chi connectivity index (χ3n) is 11.9. The first-order valence-electron chi connectivity index (χ1n) is 19.5. The summed E-state index contributed by atoms with van der Waals surface area (Å²) in [4.78, 5) is 2.28. The molecule has 1 aliphatic carbocycles. The van der Waals surface area contributed by atoms with Crippen molar-refractivity contribution in [2.75, 3.05) is 4.90 Å². The molecular formula is C54H37NO2. The number of allylic oxidation sites excluding steroid dienone is 2. The predicted molar refractivity (Wildman–Crippen MR) is 235 cm³/mol. The van der Waals surface area contributed by atoms with Gasteiger partial charge in [0.25, 0.3) is 0 Å². The fourth-order valence-corrected chi connectivity index (χ4v) is 9.35. The van der Waals surface area contributed by atoms with Crippen LogP contribution in [0.4, 0.5) is 17.1 Å². The van der Waals surface area contributed by atoms with Crippen molar-refractivity contribution in [2.24, 2.45) is 0 Å². The van der Waals surface area contributed by atoms with Crippen LogP contribution in [0.1, 0.15) is 33.6 Å². The fraction of sp³-hybridized carbons (Fsp3) is 0.0370. The van der Waals surface area contributed by atoms with Crippen molar-refractivity contribution >= 4 is 44.9 Å². The van der Waals surface area contributed by atoms with Crippen LogP contribution in [0.2, 0.25) is 0 Å². The molecule has 0 N–H and O–H groups in total. The Hall–Kier alpha value is -7.36. The summed E-state index contributed by atoms with van der Waals surface area (Å²) >= 11 is 0. The smallest absolute Gasteiger partial charge is 0.159 e. The zero-order valence-corrected chi connectivity index (χ0v) is 31.4. The summed E-state index contributed by atoms with van der Waals surface area (Å²) in [6, 6.07) is 63.4. The molecule has 1 unspecified atom stereocenters. The molecule has 9 aromatic rings. The normalized spacial score (nSPS) is 15.0. The highest BCUT2D eigenvalue weighted by atomic mass is 16.5. The van der Waals surface area contributed by atoms with Crippen LogP contribution in [0.5, 0.6) is 11.5 Å². The van der Waals surface area contributed by atoms with Gasteiger partial charge >= 0.3 is 0 Å². The van der Waals surface area contributed by atoms with Crippen LogP contribution in [0.25, 0.3) is 50.1 Å². The molecule has 1 atom stereocenters. The molecule has 0 radical (unpaired) electrons. The van der Waals surface area contributed by atoms with Crippen LogP contribution in [0.3, 0.4) is 0 Å². The van der Waals surface area contributed by atoms with Gasteiger partial charge in [-0.25, -0.2) is 0 Å². The van der Waals surface area contributed by atoms with Crippen molar-refractivity contribution in [3.05, 3.63) is 228 Å². The number of rotatable bonds is 6. The molecule has 0 bridgehead atoms. The number of hydrogen-bond donors (Lipinski definition) is 0. The van der Waals surface area contributed by atoms with Crippen LogP contribution >= 0.6 is 0 Å². The lowest BCUT2D eigenvalue weighted by Gasteiger charge is -2.40. The van der Waals surface area contributed by atoms with Crippen LogP contribution in [0.15, 0.2) is 199 Å². The van der Waals surface area contributed by atoms with Gasteiger partial charge in [0.15, 0.2) is 5.58 Å². The summed E-state index contributed by atoms with van der Waals surface area (Å²) in [5.74, 6) is 2.65. The Bertz CT molecular complexity index is 3080. The highest BCUT2D eigenvalue weighted by Crippen LogP contribution is 2.63. The molecule has 3 heteroatoms. The Morgan fingerprint density at radius 1 is 0.561 bits per heavy atom. The standard InChI is InChI=1S/C54H37NO2/c1-3-4-24-50-35(2)41-20-14-23-49(53(41)56-50)55(39-16-6-5-7-17-39)40-30-26-36(27-31-40)38-28-32-44-43-19-10-11-21-45(43)54(48(44)34-38)46-22-12-13-25-51(46)57-52-42-18-9-8-15-37(42)29-33-47(52)54/h3-34H,1H2,2H3/b24-4-. The monoisotopic (exact) mass is 731 g/mol. The first-order valence-corrected chi connectivity index (χ1v) is 19.5. The molecule has 0 saturated heterocycles. The third-order valence-corrected chi connectivity index (χ3v) is 11.9. The van der Waals surface area contributed by atoms with E-state index in [1.165, 1.54) is 33.2 Å². The Morgan fingerprint density at radius 2 is 1.26 bits per heavy atom. The van der Waals surface area contributed by atoms with E-state index in [0.717, 1.165) is 72.9 Å². The molecule has 57 heavy (non-hydrogen) atoms. The second-order valence-corrected chi connectivity index (χ2v) is 14.9. The van der Waals surface area contributed by atoms with Crippen molar-refractivity contribution in [1.29, 1.82) is 0 Å². The lowest BCUT2D eigenvalue weighted by Crippen LogP contribution is -2.32. The summed E-state index contributed by atoms with van der Waals surface area (Å²) < 4.78 is 13.4. The van der Waals surface area contributed by atoms with Gasteiger partial charge in [0.1, 0.15) is 17.3 Å². The van der Waals surface area contributed by atoms with E-state index in [0.29, 0.717) is 0 Å². The van der Waals surface area contributed by atoms with E-state index in [-0.39, 0.29) is 0 Å². The number of ether oxygens (including phenoxy) is 1. The maximum Gasteiger partial charge on any atom is 0.159 e. The van der Waals surface area contributed by atoms with Crippen molar-refractivity contribution in [3.63, 3.8) is 0 Å². The number of furan rings is 1. The minimum atomic E-state index is -0.556. The van der Waals surface area contributed by atoms with Crippen molar-refractivity contribution < 1.29 is 9.15 Å². The van der Waals surface area contributed by atoms with E-state index < -0.39 is 5.41 Å². The lowest BCUT2D eigenvalue weighted by molar-refractivity contribution is 0.442. The molecule has 0 fully saturated rings. The maximum atomic E-state index is 6.86. The van der Waals surface area contributed by atoms with Gasteiger partial charge in [-0.3, -0.25) is 0 Å². The van der Waals surface area contributed by atoms with Gasteiger partial charge in [0.05, 0.1) is 11.1 Å². The molecule has 0 amide bonds. The molecule has 1 aromatic heterocycles. The SMILES string of the molecule is C=C/C=C\c1oc2c(N(c3ccccc3)c3ccc(-c4ccc5c(c4)C4(c6ccccc6Oc6c4ccc4ccccc64)c4ccccc4-5)cc3)cccc2c1C. The molecule has 3 nitrogen and oxygen atoms in total. The number of para-hydroxylation sites is 3. The summed E-state index contributed by atoms with van der Waals surface area (Å²) in [6.45, 7) is 5.96. The molecule has 270 valence electrons. The first kappa shape index (κ1) is 33.0. The zero-order valence-electron chi connectivity index (χ0n) is 31.4. The van der Waals surface area contributed by atoms with E-state index in [4.69, 9.17) is 9.15 Å². The third kappa shape index (κ3) is 4.85. The maximum absolute atomic E-state index is 6.86. The number of hydrogen-bond acceptors (Lipinski definition) is 3. The predicted octanol–water partition coefficient (Wildman–Crippen LogP) is 14.7. The highest BCUT2D eigenvalue weighted by molar-refractivity contribution is 5.99. The summed E-state index contributed by atoms with van der Waals surface area (Å²) in [5, 5.41) is 3.37. The minimum absolute atomic E-state index is 0.556. The van der Waals surface area contributed by atoms with Gasteiger partial charge in [0, 0.05) is 38.8 Å². The number of nitrogens with zero attached hydrogens (tertiary/aromatic N) is 1. The Labute approximate surface area is 332 Å².